The number of halogens is 1. The van der Waals surface area contributed by atoms with E-state index < -0.39 is 60.8 Å². The predicted octanol–water partition coefficient (Wildman–Crippen LogP) is -8.40. The zero-order valence-corrected chi connectivity index (χ0v) is 17.4. The molecule has 0 aliphatic heterocycles. The Kier molecular flexibility index (Phi) is 17.2. The van der Waals surface area contributed by atoms with Gasteiger partial charge in [-0.2, -0.15) is 5.11 Å². The van der Waals surface area contributed by atoms with E-state index in [2.05, 4.69) is 52.8 Å². The first-order chi connectivity index (χ1) is 14.8. The van der Waals surface area contributed by atoms with Crippen LogP contribution in [0.4, 0.5) is 4.39 Å². The third kappa shape index (κ3) is 18.3. The number of nitrogens with zero attached hydrogens (tertiary/aromatic N) is 2. The van der Waals surface area contributed by atoms with Gasteiger partial charge in [0, 0.05) is 0 Å². The number of nitrogens with one attached hydrogen (secondary N) is 8. The van der Waals surface area contributed by atoms with Gasteiger partial charge in [0.1, 0.15) is 18.9 Å². The Balaban J connectivity index is 5.28. The lowest BCUT2D eigenvalue weighted by Gasteiger charge is -2.34. The van der Waals surface area contributed by atoms with E-state index in [1.54, 1.807) is 0 Å². The summed E-state index contributed by atoms with van der Waals surface area (Å²) in [6, 6.07) is 0. The molecule has 20 radical (unpaired) electrons. The van der Waals surface area contributed by atoms with Gasteiger partial charge in [-0.1, -0.05) is 29.2 Å². The minimum Gasteiger partial charge on any atom is -0.304 e. The highest BCUT2D eigenvalue weighted by Gasteiger charge is 2.21. The lowest BCUT2D eigenvalue weighted by atomic mass is 9.77. The maximum atomic E-state index is 14.5. The van der Waals surface area contributed by atoms with Crippen molar-refractivity contribution in [2.75, 3.05) is 0 Å². The lowest BCUT2D eigenvalue weighted by molar-refractivity contribution is 0.164. The number of hydrogen-bond donors (Lipinski definition) is 9. The highest BCUT2D eigenvalue weighted by atomic mass is 19.1. The van der Waals surface area contributed by atoms with Crippen LogP contribution >= 0.6 is 0 Å². The largest absolute Gasteiger partial charge is 0.304 e. The van der Waals surface area contributed by atoms with Crippen molar-refractivity contribution in [1.82, 2.24) is 42.5 Å². The third-order valence-corrected chi connectivity index (χ3v) is 3.06. The second kappa shape index (κ2) is 17.3. The van der Waals surface area contributed by atoms with E-state index >= 15 is 0 Å². The van der Waals surface area contributed by atoms with E-state index in [0.717, 1.165) is 0 Å². The number of alkyl halides is 1. The number of hydrogen-bond acceptors (Lipinski definition) is 11. The molecular weight excluding hydrogens is 401 g/mol. The Morgan fingerprint density at radius 1 is 0.500 bits per heavy atom. The first-order valence-electron chi connectivity index (χ1n) is 9.22. The molecule has 22 heteroatoms. The summed E-state index contributed by atoms with van der Waals surface area (Å²) in [5.74, 6) is -5.00. The van der Waals surface area contributed by atoms with E-state index in [4.69, 9.17) is 84.2 Å². The van der Waals surface area contributed by atoms with Crippen LogP contribution in [0.3, 0.4) is 0 Å². The fourth-order valence-electron chi connectivity index (χ4n) is 2.05. The van der Waals surface area contributed by atoms with Crippen molar-refractivity contribution >= 4 is 78.5 Å². The first kappa shape index (κ1) is 31.8. The molecule has 3 atom stereocenters. The van der Waals surface area contributed by atoms with Gasteiger partial charge in [-0.3, -0.25) is 21.3 Å². The normalized spacial score (nSPS) is 15.8. The summed E-state index contributed by atoms with van der Waals surface area (Å²) in [6.07, 6.45) is -6.27. The minimum atomic E-state index is -2.11. The topological polar surface area (TPSA) is 147 Å². The van der Waals surface area contributed by atoms with Crippen LogP contribution in [0.25, 0.3) is 0 Å². The van der Waals surface area contributed by atoms with Crippen molar-refractivity contribution < 1.29 is 4.39 Å². The fourth-order valence-corrected chi connectivity index (χ4v) is 2.05. The summed E-state index contributed by atoms with van der Waals surface area (Å²) in [4.78, 5) is 0. The zero-order chi connectivity index (χ0) is 24.8. The van der Waals surface area contributed by atoms with Crippen LogP contribution < -0.4 is 48.3 Å². The summed E-state index contributed by atoms with van der Waals surface area (Å²) in [7, 11) is 54.5. The molecule has 0 saturated carbocycles. The van der Waals surface area contributed by atoms with Gasteiger partial charge in [-0.15, -0.1) is 5.11 Å². The van der Waals surface area contributed by atoms with Crippen molar-refractivity contribution in [3.63, 3.8) is 0 Å². The average molecular weight is 421 g/mol. The van der Waals surface area contributed by atoms with Gasteiger partial charge < -0.3 is 21.7 Å². The molecule has 0 aromatic rings. The maximum absolute atomic E-state index is 14.5. The van der Waals surface area contributed by atoms with E-state index in [-0.39, 0.29) is 0 Å². The van der Waals surface area contributed by atoms with Crippen LogP contribution in [0, 0.1) is 0 Å². The second-order valence-electron chi connectivity index (χ2n) is 6.28. The molecule has 0 bridgehead atoms. The molecule has 3 unspecified atom stereocenters. The molecular formula is C10H20B10FN11. The molecule has 10 N–H and O–H groups in total. The molecule has 0 aromatic heterocycles. The van der Waals surface area contributed by atoms with Gasteiger partial charge in [0.2, 0.25) is 0 Å². The molecule has 0 aliphatic rings. The monoisotopic (exact) mass is 423 g/mol. The van der Waals surface area contributed by atoms with Crippen molar-refractivity contribution in [3.05, 3.63) is 0 Å². The Hall–Kier alpha value is -0.181. The van der Waals surface area contributed by atoms with E-state index in [1.165, 1.54) is 0 Å². The minimum absolute atomic E-state index is 0.926. The number of rotatable bonds is 18. The lowest BCUT2D eigenvalue weighted by Crippen LogP contribution is -2.71. The van der Waals surface area contributed by atoms with Gasteiger partial charge in [-0.05, 0) is 0 Å². The molecule has 152 valence electrons. The predicted molar refractivity (Wildman–Crippen MR) is 131 cm³/mol. The number of nitrogens with two attached hydrogens (primary N) is 1. The number of azo groups is 1. The Bertz CT molecular complexity index is 488. The van der Waals surface area contributed by atoms with Crippen molar-refractivity contribution in [3.8, 4) is 0 Å². The van der Waals surface area contributed by atoms with Crippen molar-refractivity contribution in [1.29, 1.82) is 0 Å². The summed E-state index contributed by atoms with van der Waals surface area (Å²) in [5, 5.41) is 27.8. The summed E-state index contributed by atoms with van der Waals surface area (Å²) in [5.41, 5.74) is 5.81. The van der Waals surface area contributed by atoms with Crippen LogP contribution in [0.2, 0.25) is 0 Å². The SMILES string of the molecule is [B]C([B])NC(N)NC(NC(F)N=NC(NC([B])[B])NC([B])[B])NC(NC([B])[B])NC([B])[B]. The average Bonchev–Trinajstić information content (AvgIpc) is 2.56. The van der Waals surface area contributed by atoms with Crippen LogP contribution in [-0.4, -0.2) is 139 Å². The Morgan fingerprint density at radius 2 is 0.906 bits per heavy atom. The molecule has 32 heavy (non-hydrogen) atoms. The smallest absolute Gasteiger partial charge is 0.265 e. The van der Waals surface area contributed by atoms with Crippen LogP contribution in [0.1, 0.15) is 0 Å². The van der Waals surface area contributed by atoms with Gasteiger partial charge in [-0.25, -0.2) is 9.71 Å². The molecule has 0 aromatic carbocycles. The first-order valence-corrected chi connectivity index (χ1v) is 9.22. The van der Waals surface area contributed by atoms with Gasteiger partial charge >= 0.3 is 0 Å². The quantitative estimate of drug-likeness (QED) is 0.0456. The molecule has 0 spiro atoms. The van der Waals surface area contributed by atoms with Crippen molar-refractivity contribution in [2.24, 2.45) is 16.0 Å². The standard InChI is InChI=1S/C10H20B10FN11/c11-1(12)23-7(22)29-9(30-8(24-2(13)14)25-3(15)16)28-6(21)31-32-10(26-4(17)18)27-5(19)20/h1-10,23-30H,22H2. The van der Waals surface area contributed by atoms with Crippen LogP contribution in [0.5, 0.6) is 0 Å². The molecule has 0 saturated heterocycles. The van der Waals surface area contributed by atoms with Crippen LogP contribution in [-0.2, 0) is 0 Å². The molecule has 0 amide bonds. The van der Waals surface area contributed by atoms with Gasteiger partial charge in [0.25, 0.3) is 6.42 Å². The molecule has 0 heterocycles. The van der Waals surface area contributed by atoms with E-state index in [9.17, 15) is 4.39 Å². The molecule has 0 aliphatic carbocycles. The van der Waals surface area contributed by atoms with Gasteiger partial charge in [0.05, 0.1) is 78.5 Å². The summed E-state index contributed by atoms with van der Waals surface area (Å²) < 4.78 is 14.5. The highest BCUT2D eigenvalue weighted by molar-refractivity contribution is 6.37. The highest BCUT2D eigenvalue weighted by Crippen LogP contribution is 1.95. The second-order valence-corrected chi connectivity index (χ2v) is 6.28. The maximum Gasteiger partial charge on any atom is 0.265 e. The summed E-state index contributed by atoms with van der Waals surface area (Å²) >= 11 is 0. The molecule has 0 fully saturated rings. The third-order valence-electron chi connectivity index (χ3n) is 3.06. The Labute approximate surface area is 202 Å². The molecule has 11 nitrogen and oxygen atoms in total. The zero-order valence-electron chi connectivity index (χ0n) is 17.4. The van der Waals surface area contributed by atoms with Crippen LogP contribution in [0.15, 0.2) is 10.2 Å². The Morgan fingerprint density at radius 3 is 1.31 bits per heavy atom. The summed E-state index contributed by atoms with van der Waals surface area (Å²) in [6.45, 7) is 0. The van der Waals surface area contributed by atoms with E-state index in [1.807, 2.05) is 0 Å². The van der Waals surface area contributed by atoms with Gasteiger partial charge in [0.15, 0.2) is 6.29 Å². The van der Waals surface area contributed by atoms with Crippen molar-refractivity contribution in [2.45, 2.75) is 60.8 Å². The molecule has 0 rings (SSSR count). The fraction of sp³-hybridized carbons (Fsp3) is 1.00. The van der Waals surface area contributed by atoms with E-state index in [0.29, 0.717) is 0 Å².